The van der Waals surface area contributed by atoms with E-state index in [-0.39, 0.29) is 17.7 Å². The van der Waals surface area contributed by atoms with Gasteiger partial charge in [-0.3, -0.25) is 14.7 Å². The zero-order chi connectivity index (χ0) is 24.2. The van der Waals surface area contributed by atoms with E-state index < -0.39 is 0 Å². The van der Waals surface area contributed by atoms with Gasteiger partial charge in [-0.2, -0.15) is 10.1 Å². The van der Waals surface area contributed by atoms with Gasteiger partial charge >= 0.3 is 0 Å². The number of carbonyl (C=O) groups excluding carboxylic acids is 2. The highest BCUT2D eigenvalue weighted by Gasteiger charge is 2.27. The molecule has 1 aromatic carbocycles. The smallest absolute Gasteiger partial charge is 0.258 e. The van der Waals surface area contributed by atoms with E-state index in [0.29, 0.717) is 41.7 Å². The molecule has 10 heteroatoms. The average molecular weight is 470 g/mol. The predicted molar refractivity (Wildman–Crippen MR) is 129 cm³/mol. The van der Waals surface area contributed by atoms with Crippen LogP contribution in [0, 0.1) is 5.92 Å². The standard InChI is InChI=1S/C25H23N7O3/c1-2-22(33)32-14-4-5-17(15-32)24(34)27-18-10-8-16(9-11-18)25-29-23(31-35-25)21-7-3-6-19(28-21)20-12-13-26-30-20/h2-3,6-13,17H,1,4-5,14-15H2,(H,26,30)(H,27,34)/t17-/m0/s1. The molecule has 1 atom stereocenters. The number of aromatic nitrogens is 5. The van der Waals surface area contributed by atoms with Crippen molar-refractivity contribution >= 4 is 17.5 Å². The number of hydrogen-bond donors (Lipinski definition) is 2. The van der Waals surface area contributed by atoms with Crippen LogP contribution in [-0.4, -0.2) is 55.1 Å². The van der Waals surface area contributed by atoms with Crippen LogP contribution in [0.3, 0.4) is 0 Å². The van der Waals surface area contributed by atoms with Gasteiger partial charge in [0.05, 0.1) is 17.3 Å². The molecule has 5 rings (SSSR count). The molecule has 1 aliphatic rings. The average Bonchev–Trinajstić information content (AvgIpc) is 3.62. The van der Waals surface area contributed by atoms with Crippen molar-refractivity contribution < 1.29 is 14.1 Å². The fourth-order valence-corrected chi connectivity index (χ4v) is 4.01. The fourth-order valence-electron chi connectivity index (χ4n) is 4.01. The van der Waals surface area contributed by atoms with E-state index in [2.05, 4.69) is 37.2 Å². The summed E-state index contributed by atoms with van der Waals surface area (Å²) in [5, 5.41) is 13.8. The monoisotopic (exact) mass is 469 g/mol. The van der Waals surface area contributed by atoms with Crippen molar-refractivity contribution in [1.29, 1.82) is 0 Å². The number of H-pyrrole nitrogens is 1. The number of amides is 2. The highest BCUT2D eigenvalue weighted by Crippen LogP contribution is 2.25. The van der Waals surface area contributed by atoms with E-state index in [1.54, 1.807) is 35.4 Å². The molecule has 35 heavy (non-hydrogen) atoms. The highest BCUT2D eigenvalue weighted by molar-refractivity contribution is 5.94. The summed E-state index contributed by atoms with van der Waals surface area (Å²) in [4.78, 5) is 35.3. The molecule has 2 amide bonds. The summed E-state index contributed by atoms with van der Waals surface area (Å²) >= 11 is 0. The summed E-state index contributed by atoms with van der Waals surface area (Å²) in [6.45, 7) is 4.57. The summed E-state index contributed by atoms with van der Waals surface area (Å²) in [5.41, 5.74) is 3.46. The number of piperidine rings is 1. The number of rotatable bonds is 6. The van der Waals surface area contributed by atoms with Gasteiger partial charge in [-0.05, 0) is 61.4 Å². The van der Waals surface area contributed by atoms with E-state index in [1.807, 2.05) is 24.3 Å². The number of nitrogens with zero attached hydrogens (tertiary/aromatic N) is 5. The van der Waals surface area contributed by atoms with Crippen molar-refractivity contribution in [3.05, 3.63) is 67.4 Å². The number of anilines is 1. The van der Waals surface area contributed by atoms with E-state index >= 15 is 0 Å². The van der Waals surface area contributed by atoms with Crippen LogP contribution in [0.1, 0.15) is 12.8 Å². The number of aromatic amines is 1. The van der Waals surface area contributed by atoms with E-state index in [1.165, 1.54) is 6.08 Å². The second kappa shape index (κ2) is 9.72. The number of hydrogen-bond acceptors (Lipinski definition) is 7. The molecule has 1 fully saturated rings. The van der Waals surface area contributed by atoms with Crippen LogP contribution < -0.4 is 5.32 Å². The molecule has 1 aliphatic heterocycles. The fraction of sp³-hybridized carbons (Fsp3) is 0.200. The molecule has 0 aliphatic carbocycles. The lowest BCUT2D eigenvalue weighted by molar-refractivity contribution is -0.130. The van der Waals surface area contributed by atoms with Crippen LogP contribution in [0.25, 0.3) is 34.4 Å². The van der Waals surface area contributed by atoms with E-state index in [0.717, 1.165) is 24.2 Å². The van der Waals surface area contributed by atoms with Gasteiger partial charge in [0.25, 0.3) is 5.89 Å². The Bertz CT molecular complexity index is 1350. The minimum absolute atomic E-state index is 0.109. The molecule has 10 nitrogen and oxygen atoms in total. The maximum atomic E-state index is 12.7. The zero-order valence-corrected chi connectivity index (χ0v) is 18.8. The van der Waals surface area contributed by atoms with Crippen molar-refractivity contribution in [1.82, 2.24) is 30.2 Å². The minimum Gasteiger partial charge on any atom is -0.338 e. The minimum atomic E-state index is -0.254. The number of carbonyl (C=O) groups is 2. The third kappa shape index (κ3) is 4.86. The Labute approximate surface area is 201 Å². The van der Waals surface area contributed by atoms with Crippen LogP contribution >= 0.6 is 0 Å². The number of likely N-dealkylation sites (tertiary alicyclic amines) is 1. The molecule has 176 valence electrons. The van der Waals surface area contributed by atoms with Gasteiger partial charge in [-0.1, -0.05) is 17.8 Å². The van der Waals surface area contributed by atoms with Crippen molar-refractivity contribution in [2.75, 3.05) is 18.4 Å². The molecule has 0 radical (unpaired) electrons. The first-order valence-electron chi connectivity index (χ1n) is 11.2. The number of nitrogens with one attached hydrogen (secondary N) is 2. The lowest BCUT2D eigenvalue weighted by atomic mass is 9.97. The first kappa shape index (κ1) is 22.2. The maximum Gasteiger partial charge on any atom is 0.258 e. The highest BCUT2D eigenvalue weighted by atomic mass is 16.5. The molecule has 0 unspecified atom stereocenters. The van der Waals surface area contributed by atoms with Crippen molar-refractivity contribution in [2.45, 2.75) is 12.8 Å². The van der Waals surface area contributed by atoms with E-state index in [4.69, 9.17) is 4.52 Å². The third-order valence-electron chi connectivity index (χ3n) is 5.86. The Kier molecular flexibility index (Phi) is 6.16. The SMILES string of the molecule is C=CC(=O)N1CCC[C@H](C(=O)Nc2ccc(-c3nc(-c4cccc(-c5ccn[nH]5)n4)no3)cc2)C1. The van der Waals surface area contributed by atoms with Crippen molar-refractivity contribution in [2.24, 2.45) is 5.92 Å². The Hall–Kier alpha value is -4.60. The largest absolute Gasteiger partial charge is 0.338 e. The second-order valence-electron chi connectivity index (χ2n) is 8.20. The molecular formula is C25H23N7O3. The summed E-state index contributed by atoms with van der Waals surface area (Å²) in [6.07, 6.45) is 4.48. The quantitative estimate of drug-likeness (QED) is 0.413. The lowest BCUT2D eigenvalue weighted by Crippen LogP contribution is -2.43. The molecule has 1 saturated heterocycles. The van der Waals surface area contributed by atoms with Gasteiger partial charge in [-0.25, -0.2) is 4.98 Å². The normalized spacial score (nSPS) is 15.5. The topological polar surface area (TPSA) is 130 Å². The van der Waals surface area contributed by atoms with Gasteiger partial charge in [0.1, 0.15) is 5.69 Å². The molecule has 0 bridgehead atoms. The van der Waals surface area contributed by atoms with Crippen LogP contribution in [-0.2, 0) is 9.59 Å². The van der Waals surface area contributed by atoms with Crippen molar-refractivity contribution in [3.63, 3.8) is 0 Å². The van der Waals surface area contributed by atoms with Crippen molar-refractivity contribution in [3.8, 4) is 34.4 Å². The van der Waals surface area contributed by atoms with Crippen LogP contribution in [0.5, 0.6) is 0 Å². The first-order valence-corrected chi connectivity index (χ1v) is 11.2. The molecule has 0 spiro atoms. The van der Waals surface area contributed by atoms with E-state index in [9.17, 15) is 9.59 Å². The summed E-state index contributed by atoms with van der Waals surface area (Å²) in [5.74, 6) is 0.208. The molecular weight excluding hydrogens is 446 g/mol. The van der Waals surface area contributed by atoms with Gasteiger partial charge in [0.15, 0.2) is 0 Å². The number of pyridine rings is 1. The van der Waals surface area contributed by atoms with Crippen LogP contribution in [0.2, 0.25) is 0 Å². The Morgan fingerprint density at radius 2 is 1.94 bits per heavy atom. The summed E-state index contributed by atoms with van der Waals surface area (Å²) in [7, 11) is 0. The summed E-state index contributed by atoms with van der Waals surface area (Å²) < 4.78 is 5.44. The molecule has 2 N–H and O–H groups in total. The number of benzene rings is 1. The Balaban J connectivity index is 1.25. The second-order valence-corrected chi connectivity index (χ2v) is 8.20. The zero-order valence-electron chi connectivity index (χ0n) is 18.8. The molecule has 3 aromatic heterocycles. The lowest BCUT2D eigenvalue weighted by Gasteiger charge is -2.31. The first-order chi connectivity index (χ1) is 17.1. The molecule has 4 aromatic rings. The molecule has 0 saturated carbocycles. The van der Waals surface area contributed by atoms with Gasteiger partial charge in [-0.15, -0.1) is 0 Å². The van der Waals surface area contributed by atoms with Crippen LogP contribution in [0.15, 0.2) is 71.9 Å². The Morgan fingerprint density at radius 1 is 1.11 bits per heavy atom. The maximum absolute atomic E-state index is 12.7. The Morgan fingerprint density at radius 3 is 2.71 bits per heavy atom. The summed E-state index contributed by atoms with van der Waals surface area (Å²) in [6, 6.07) is 14.5. The van der Waals surface area contributed by atoms with Crippen LogP contribution in [0.4, 0.5) is 5.69 Å². The van der Waals surface area contributed by atoms with Gasteiger partial charge in [0.2, 0.25) is 17.6 Å². The third-order valence-corrected chi connectivity index (χ3v) is 5.86. The molecule has 4 heterocycles. The van der Waals surface area contributed by atoms with Gasteiger partial charge in [0, 0.05) is 30.5 Å². The van der Waals surface area contributed by atoms with Gasteiger partial charge < -0.3 is 14.7 Å². The predicted octanol–water partition coefficient (Wildman–Crippen LogP) is 3.55.